The molecule has 113 valence electrons. The average molecular weight is 465 g/mol. The first kappa shape index (κ1) is 17.2. The molecule has 0 bridgehead atoms. The minimum atomic E-state index is 0. The molecule has 2 N–H and O–H groups in total. The van der Waals surface area contributed by atoms with Gasteiger partial charge < -0.3 is 10.2 Å². The molecule has 0 spiro atoms. The van der Waals surface area contributed by atoms with Crippen molar-refractivity contribution in [2.75, 3.05) is 13.1 Å². The van der Waals surface area contributed by atoms with Gasteiger partial charge in [-0.1, -0.05) is 24.3 Å². The van der Waals surface area contributed by atoms with Crippen molar-refractivity contribution < 1.29 is 32.6 Å². The predicted octanol–water partition coefficient (Wildman–Crippen LogP) is 2.63. The average Bonchev–Trinajstić information content (AvgIpc) is 2.46. The summed E-state index contributed by atoms with van der Waals surface area (Å²) in [5, 5.41) is 19.1. The number of hydrogen-bond acceptors (Lipinski definition) is 4. The molecule has 2 aromatic carbocycles. The van der Waals surface area contributed by atoms with Gasteiger partial charge in [0.15, 0.2) is 0 Å². The van der Waals surface area contributed by atoms with Gasteiger partial charge in [-0.25, -0.2) is 0 Å². The minimum absolute atomic E-state index is 0. The second kappa shape index (κ2) is 9.13. The van der Waals surface area contributed by atoms with E-state index in [9.17, 15) is 10.2 Å². The van der Waals surface area contributed by atoms with Crippen molar-refractivity contribution >= 4 is 12.4 Å². The number of phenolic OH excluding ortho intramolecular Hbond substituents is 2. The van der Waals surface area contributed by atoms with E-state index < -0.39 is 0 Å². The molecule has 0 saturated heterocycles. The fourth-order valence-corrected chi connectivity index (χ4v) is 1.63. The smallest absolute Gasteiger partial charge is 0.124 e. The van der Waals surface area contributed by atoms with Gasteiger partial charge in [-0.05, 0) is 24.3 Å². The van der Waals surface area contributed by atoms with Crippen LogP contribution in [0.15, 0.2) is 58.5 Å². The van der Waals surface area contributed by atoms with Crippen molar-refractivity contribution in [2.45, 2.75) is 0 Å². The molecule has 1 radical (unpaired) electrons. The summed E-state index contributed by atoms with van der Waals surface area (Å²) >= 11 is 0. The van der Waals surface area contributed by atoms with Gasteiger partial charge in [0, 0.05) is 45.9 Å². The van der Waals surface area contributed by atoms with Crippen LogP contribution in [0.3, 0.4) is 0 Å². The first-order valence-corrected chi connectivity index (χ1v) is 6.33. The van der Waals surface area contributed by atoms with Crippen LogP contribution in [-0.2, 0) is 22.4 Å². The van der Waals surface area contributed by atoms with Crippen LogP contribution in [0.4, 0.5) is 0 Å². The molecule has 0 heterocycles. The van der Waals surface area contributed by atoms with E-state index >= 15 is 0 Å². The standard InChI is InChI=1S/C16H16N2O2.Au/c19-15-7-3-1-5-13(15)11-17-9-10-18-12-14-6-2-4-8-16(14)20;/h1-8,11-12,19-20H,9-10H2;. The normalized spacial score (nSPS) is 10.9. The van der Waals surface area contributed by atoms with Crippen LogP contribution in [0.5, 0.6) is 11.5 Å². The Morgan fingerprint density at radius 1 is 0.714 bits per heavy atom. The first-order valence-electron chi connectivity index (χ1n) is 6.33. The first-order chi connectivity index (χ1) is 9.77. The molecule has 0 aromatic heterocycles. The molecule has 0 saturated carbocycles. The summed E-state index contributed by atoms with van der Waals surface area (Å²) in [5.41, 5.74) is 1.38. The third kappa shape index (κ3) is 5.55. The monoisotopic (exact) mass is 465 g/mol. The van der Waals surface area contributed by atoms with E-state index in [1.54, 1.807) is 48.8 Å². The van der Waals surface area contributed by atoms with Crippen LogP contribution >= 0.6 is 0 Å². The third-order valence-electron chi connectivity index (χ3n) is 2.69. The molecule has 0 amide bonds. The van der Waals surface area contributed by atoms with Crippen LogP contribution in [0.25, 0.3) is 0 Å². The Labute approximate surface area is 139 Å². The molecule has 0 aliphatic heterocycles. The molecule has 21 heavy (non-hydrogen) atoms. The van der Waals surface area contributed by atoms with Crippen LogP contribution in [0, 0.1) is 0 Å². The van der Waals surface area contributed by atoms with Gasteiger partial charge >= 0.3 is 0 Å². The number of para-hydroxylation sites is 2. The van der Waals surface area contributed by atoms with Crippen molar-refractivity contribution in [3.8, 4) is 11.5 Å². The second-order valence-electron chi connectivity index (χ2n) is 4.19. The van der Waals surface area contributed by atoms with Gasteiger partial charge in [-0.15, -0.1) is 0 Å². The quantitative estimate of drug-likeness (QED) is 0.405. The Balaban J connectivity index is 0.00000220. The maximum atomic E-state index is 9.54. The summed E-state index contributed by atoms with van der Waals surface area (Å²) in [6, 6.07) is 14.1. The van der Waals surface area contributed by atoms with E-state index in [0.717, 1.165) is 0 Å². The molecular formula is C16H16AuN2O2. The maximum Gasteiger partial charge on any atom is 0.124 e. The summed E-state index contributed by atoms with van der Waals surface area (Å²) in [6.07, 6.45) is 3.26. The van der Waals surface area contributed by atoms with Crippen LogP contribution in [-0.4, -0.2) is 35.7 Å². The molecule has 0 fully saturated rings. The molecule has 2 rings (SSSR count). The zero-order chi connectivity index (χ0) is 14.2. The van der Waals surface area contributed by atoms with Gasteiger partial charge in [0.25, 0.3) is 0 Å². The topological polar surface area (TPSA) is 65.2 Å². The Morgan fingerprint density at radius 2 is 1.10 bits per heavy atom. The Morgan fingerprint density at radius 3 is 1.48 bits per heavy atom. The Kier molecular flexibility index (Phi) is 7.47. The summed E-state index contributed by atoms with van der Waals surface area (Å²) in [5.74, 6) is 0.433. The summed E-state index contributed by atoms with van der Waals surface area (Å²) in [4.78, 5) is 8.39. The van der Waals surface area contributed by atoms with Crippen LogP contribution in [0.1, 0.15) is 11.1 Å². The number of nitrogens with zero attached hydrogens (tertiary/aromatic N) is 2. The number of benzene rings is 2. The molecule has 0 aliphatic carbocycles. The number of aliphatic imine (C=N–C) groups is 2. The van der Waals surface area contributed by atoms with Crippen LogP contribution in [0.2, 0.25) is 0 Å². The molecule has 0 unspecified atom stereocenters. The Bertz CT molecular complexity index is 572. The molecule has 2 aromatic rings. The fourth-order valence-electron chi connectivity index (χ4n) is 1.63. The van der Waals surface area contributed by atoms with Gasteiger partial charge in [0.1, 0.15) is 11.5 Å². The Hall–Kier alpha value is -1.88. The summed E-state index contributed by atoms with van der Waals surface area (Å²) in [6.45, 7) is 1.05. The SMILES string of the molecule is Oc1ccccc1C=NCCN=Cc1ccccc1O.[Au]. The van der Waals surface area contributed by atoms with Crippen molar-refractivity contribution in [1.29, 1.82) is 0 Å². The molecular weight excluding hydrogens is 449 g/mol. The van der Waals surface area contributed by atoms with E-state index in [0.29, 0.717) is 24.2 Å². The third-order valence-corrected chi connectivity index (χ3v) is 2.69. The number of hydrogen-bond donors (Lipinski definition) is 2. The van der Waals surface area contributed by atoms with E-state index in [-0.39, 0.29) is 33.9 Å². The van der Waals surface area contributed by atoms with Crippen molar-refractivity contribution in [3.05, 3.63) is 59.7 Å². The number of aromatic hydroxyl groups is 2. The molecule has 4 nitrogen and oxygen atoms in total. The zero-order valence-corrected chi connectivity index (χ0v) is 13.4. The molecule has 5 heteroatoms. The second-order valence-corrected chi connectivity index (χ2v) is 4.19. The zero-order valence-electron chi connectivity index (χ0n) is 11.3. The van der Waals surface area contributed by atoms with E-state index in [2.05, 4.69) is 9.98 Å². The minimum Gasteiger partial charge on any atom is -0.507 e. The van der Waals surface area contributed by atoms with Crippen molar-refractivity contribution in [2.24, 2.45) is 9.98 Å². The van der Waals surface area contributed by atoms with Gasteiger partial charge in [-0.3, -0.25) is 9.98 Å². The molecule has 0 atom stereocenters. The summed E-state index contributed by atoms with van der Waals surface area (Å²) < 4.78 is 0. The van der Waals surface area contributed by atoms with Crippen molar-refractivity contribution in [3.63, 3.8) is 0 Å². The number of rotatable bonds is 5. The maximum absolute atomic E-state index is 9.54. The predicted molar refractivity (Wildman–Crippen MR) is 81.1 cm³/mol. The fraction of sp³-hybridized carbons (Fsp3) is 0.125. The molecule has 0 aliphatic rings. The van der Waals surface area contributed by atoms with Gasteiger partial charge in [0.2, 0.25) is 0 Å². The van der Waals surface area contributed by atoms with E-state index in [1.807, 2.05) is 12.1 Å². The van der Waals surface area contributed by atoms with Crippen molar-refractivity contribution in [1.82, 2.24) is 0 Å². The van der Waals surface area contributed by atoms with E-state index in [1.165, 1.54) is 0 Å². The summed E-state index contributed by atoms with van der Waals surface area (Å²) in [7, 11) is 0. The van der Waals surface area contributed by atoms with Gasteiger partial charge in [0.05, 0.1) is 13.1 Å². The van der Waals surface area contributed by atoms with E-state index in [4.69, 9.17) is 0 Å². The van der Waals surface area contributed by atoms with Gasteiger partial charge in [-0.2, -0.15) is 0 Å². The largest absolute Gasteiger partial charge is 0.507 e. The number of phenols is 2. The van der Waals surface area contributed by atoms with Crippen LogP contribution < -0.4 is 0 Å².